The highest BCUT2D eigenvalue weighted by atomic mass is 19.1. The molecule has 0 unspecified atom stereocenters. The van der Waals surface area contributed by atoms with Crippen molar-refractivity contribution in [2.24, 2.45) is 0 Å². The van der Waals surface area contributed by atoms with E-state index in [9.17, 15) is 9.18 Å². The van der Waals surface area contributed by atoms with Crippen molar-refractivity contribution in [2.45, 2.75) is 19.8 Å². The van der Waals surface area contributed by atoms with Crippen molar-refractivity contribution in [1.82, 2.24) is 4.98 Å². The van der Waals surface area contributed by atoms with Gasteiger partial charge in [-0.2, -0.15) is 0 Å². The smallest absolute Gasteiger partial charge is 0.338 e. The molecule has 16 heavy (non-hydrogen) atoms. The Kier molecular flexibility index (Phi) is 2.42. The maximum atomic E-state index is 13.0. The largest absolute Gasteiger partial charge is 0.478 e. The summed E-state index contributed by atoms with van der Waals surface area (Å²) >= 11 is 0. The first kappa shape index (κ1) is 10.7. The first-order chi connectivity index (χ1) is 7.50. The Morgan fingerprint density at radius 1 is 1.44 bits per heavy atom. The fraction of sp³-hybridized carbons (Fsp3) is 0.250. The molecule has 0 fully saturated rings. The van der Waals surface area contributed by atoms with Crippen LogP contribution in [0, 0.1) is 5.82 Å². The first-order valence-corrected chi connectivity index (χ1v) is 5.05. The predicted octanol–water partition coefficient (Wildman–Crippen LogP) is 3.13. The lowest BCUT2D eigenvalue weighted by molar-refractivity contribution is 0.0697. The molecule has 0 aliphatic heterocycles. The maximum Gasteiger partial charge on any atom is 0.338 e. The number of nitrogens with one attached hydrogen (secondary N) is 1. The number of H-pyrrole nitrogens is 1. The fourth-order valence-electron chi connectivity index (χ4n) is 1.85. The molecule has 0 saturated carbocycles. The molecule has 4 heteroatoms. The van der Waals surface area contributed by atoms with E-state index < -0.39 is 5.97 Å². The molecule has 0 saturated heterocycles. The van der Waals surface area contributed by atoms with Crippen LogP contribution in [0.15, 0.2) is 18.2 Å². The Morgan fingerprint density at radius 2 is 2.12 bits per heavy atom. The van der Waals surface area contributed by atoms with Crippen LogP contribution in [-0.4, -0.2) is 16.1 Å². The number of benzene rings is 1. The molecule has 2 rings (SSSR count). The molecule has 1 heterocycles. The average Bonchev–Trinajstić information content (AvgIpc) is 2.55. The van der Waals surface area contributed by atoms with Gasteiger partial charge >= 0.3 is 5.97 Å². The van der Waals surface area contributed by atoms with E-state index in [0.29, 0.717) is 16.6 Å². The molecule has 1 aromatic carbocycles. The maximum absolute atomic E-state index is 13.0. The summed E-state index contributed by atoms with van der Waals surface area (Å²) in [6, 6.07) is 4.08. The van der Waals surface area contributed by atoms with Gasteiger partial charge in [0.25, 0.3) is 0 Å². The molecule has 0 amide bonds. The van der Waals surface area contributed by atoms with Crippen molar-refractivity contribution in [2.75, 3.05) is 0 Å². The van der Waals surface area contributed by atoms with Crippen LogP contribution in [-0.2, 0) is 0 Å². The number of rotatable bonds is 2. The third kappa shape index (κ3) is 1.56. The number of halogens is 1. The van der Waals surface area contributed by atoms with Gasteiger partial charge in [-0.1, -0.05) is 13.8 Å². The summed E-state index contributed by atoms with van der Waals surface area (Å²) < 4.78 is 13.0. The van der Waals surface area contributed by atoms with Crippen LogP contribution < -0.4 is 0 Å². The van der Waals surface area contributed by atoms with Gasteiger partial charge in [0, 0.05) is 16.6 Å². The van der Waals surface area contributed by atoms with Crippen LogP contribution in [0.3, 0.4) is 0 Å². The predicted molar refractivity (Wildman–Crippen MR) is 59.3 cm³/mol. The van der Waals surface area contributed by atoms with Crippen molar-refractivity contribution in [3.05, 3.63) is 35.3 Å². The van der Waals surface area contributed by atoms with Crippen LogP contribution in [0.1, 0.15) is 35.8 Å². The fourth-order valence-corrected chi connectivity index (χ4v) is 1.85. The highest BCUT2D eigenvalue weighted by Gasteiger charge is 2.19. The lowest BCUT2D eigenvalue weighted by Gasteiger charge is -2.03. The SMILES string of the molecule is CC(C)c1[nH]c2cc(F)ccc2c1C(=O)O. The molecule has 0 aliphatic carbocycles. The number of fused-ring (bicyclic) bond motifs is 1. The third-order valence-corrected chi connectivity index (χ3v) is 2.58. The van der Waals surface area contributed by atoms with Gasteiger partial charge in [-0.25, -0.2) is 9.18 Å². The van der Waals surface area contributed by atoms with E-state index in [4.69, 9.17) is 5.11 Å². The molecule has 0 aliphatic rings. The highest BCUT2D eigenvalue weighted by Crippen LogP contribution is 2.27. The second kappa shape index (κ2) is 3.63. The molecule has 84 valence electrons. The summed E-state index contributed by atoms with van der Waals surface area (Å²) in [5.41, 5.74) is 1.40. The number of hydrogen-bond acceptors (Lipinski definition) is 1. The summed E-state index contributed by atoms with van der Waals surface area (Å²) in [6.07, 6.45) is 0. The molecular weight excluding hydrogens is 209 g/mol. The van der Waals surface area contributed by atoms with Gasteiger partial charge in [0.05, 0.1) is 5.56 Å². The van der Waals surface area contributed by atoms with Gasteiger partial charge in [0.1, 0.15) is 5.82 Å². The molecule has 0 spiro atoms. The minimum atomic E-state index is -0.985. The van der Waals surface area contributed by atoms with Crippen LogP contribution >= 0.6 is 0 Å². The summed E-state index contributed by atoms with van der Waals surface area (Å²) in [4.78, 5) is 14.1. The topological polar surface area (TPSA) is 53.1 Å². The lowest BCUT2D eigenvalue weighted by Crippen LogP contribution is -2.01. The van der Waals surface area contributed by atoms with Crippen molar-refractivity contribution < 1.29 is 14.3 Å². The number of carboxylic acids is 1. The zero-order chi connectivity index (χ0) is 11.9. The Bertz CT molecular complexity index is 557. The van der Waals surface area contributed by atoms with Crippen molar-refractivity contribution in [1.29, 1.82) is 0 Å². The molecule has 0 atom stereocenters. The summed E-state index contributed by atoms with van der Waals surface area (Å²) in [5, 5.41) is 9.71. The number of aromatic amines is 1. The van der Waals surface area contributed by atoms with Gasteiger partial charge in [0.2, 0.25) is 0 Å². The van der Waals surface area contributed by atoms with E-state index in [0.717, 1.165) is 0 Å². The van der Waals surface area contributed by atoms with Crippen LogP contribution in [0.2, 0.25) is 0 Å². The standard InChI is InChI=1S/C12H12FNO2/c1-6(2)11-10(12(15)16)8-4-3-7(13)5-9(8)14-11/h3-6,14H,1-2H3,(H,15,16). The second-order valence-corrected chi connectivity index (χ2v) is 4.06. The Balaban J connectivity index is 2.81. The third-order valence-electron chi connectivity index (χ3n) is 2.58. The van der Waals surface area contributed by atoms with E-state index in [2.05, 4.69) is 4.98 Å². The van der Waals surface area contributed by atoms with Gasteiger partial charge in [-0.05, 0) is 24.1 Å². The Morgan fingerprint density at radius 3 is 2.69 bits per heavy atom. The Hall–Kier alpha value is -1.84. The molecule has 0 bridgehead atoms. The zero-order valence-electron chi connectivity index (χ0n) is 9.04. The van der Waals surface area contributed by atoms with Crippen molar-refractivity contribution >= 4 is 16.9 Å². The van der Waals surface area contributed by atoms with Gasteiger partial charge in [-0.15, -0.1) is 0 Å². The number of aromatic carboxylic acids is 1. The van der Waals surface area contributed by atoms with E-state index >= 15 is 0 Å². The lowest BCUT2D eigenvalue weighted by atomic mass is 10.0. The minimum absolute atomic E-state index is 0.0570. The summed E-state index contributed by atoms with van der Waals surface area (Å²) in [7, 11) is 0. The average molecular weight is 221 g/mol. The van der Waals surface area contributed by atoms with Gasteiger partial charge in [0.15, 0.2) is 0 Å². The van der Waals surface area contributed by atoms with Crippen molar-refractivity contribution in [3.8, 4) is 0 Å². The highest BCUT2D eigenvalue weighted by molar-refractivity contribution is 6.04. The number of carbonyl (C=O) groups is 1. The Labute approximate surface area is 91.9 Å². The van der Waals surface area contributed by atoms with Gasteiger partial charge in [-0.3, -0.25) is 0 Å². The van der Waals surface area contributed by atoms with E-state index in [1.807, 2.05) is 13.8 Å². The molecule has 1 aromatic heterocycles. The monoisotopic (exact) mass is 221 g/mol. The number of hydrogen-bond donors (Lipinski definition) is 2. The molecule has 0 radical (unpaired) electrons. The van der Waals surface area contributed by atoms with Gasteiger partial charge < -0.3 is 10.1 Å². The minimum Gasteiger partial charge on any atom is -0.478 e. The van der Waals surface area contributed by atoms with E-state index in [1.54, 1.807) is 0 Å². The van der Waals surface area contributed by atoms with Crippen molar-refractivity contribution in [3.63, 3.8) is 0 Å². The second-order valence-electron chi connectivity index (χ2n) is 4.06. The van der Waals surface area contributed by atoms with Crippen LogP contribution in [0.4, 0.5) is 4.39 Å². The molecule has 3 nitrogen and oxygen atoms in total. The summed E-state index contributed by atoms with van der Waals surface area (Å²) in [5.74, 6) is -1.30. The number of carboxylic acid groups (broad SMARTS) is 1. The first-order valence-electron chi connectivity index (χ1n) is 5.05. The van der Waals surface area contributed by atoms with Crippen LogP contribution in [0.5, 0.6) is 0 Å². The van der Waals surface area contributed by atoms with E-state index in [1.165, 1.54) is 18.2 Å². The van der Waals surface area contributed by atoms with E-state index in [-0.39, 0.29) is 17.3 Å². The molecule has 2 aromatic rings. The molecule has 2 N–H and O–H groups in total. The number of aromatic nitrogens is 1. The van der Waals surface area contributed by atoms with Crippen LogP contribution in [0.25, 0.3) is 10.9 Å². The summed E-state index contributed by atoms with van der Waals surface area (Å²) in [6.45, 7) is 3.79. The molecular formula is C12H12FNO2. The zero-order valence-corrected chi connectivity index (χ0v) is 9.04. The quantitative estimate of drug-likeness (QED) is 0.818. The normalized spacial score (nSPS) is 11.2.